The van der Waals surface area contributed by atoms with Crippen LogP contribution in [0.15, 0.2) is 0 Å². The van der Waals surface area contributed by atoms with Gasteiger partial charge in [0, 0.05) is 25.2 Å². The fraction of sp³-hybridized carbons (Fsp3) is 0.636. The molecule has 0 spiro atoms. The first-order chi connectivity index (χ1) is 9.19. The van der Waals surface area contributed by atoms with Gasteiger partial charge in [-0.1, -0.05) is 0 Å². The fourth-order valence-corrected chi connectivity index (χ4v) is 3.08. The highest BCUT2D eigenvalue weighted by molar-refractivity contribution is 7.09. The van der Waals surface area contributed by atoms with E-state index in [0.717, 1.165) is 35.7 Å². The van der Waals surface area contributed by atoms with Crippen LogP contribution in [0.2, 0.25) is 0 Å². The minimum Gasteiger partial charge on any atom is -0.377 e. The molecule has 3 heterocycles. The predicted octanol–water partition coefficient (Wildman–Crippen LogP) is 1.17. The first kappa shape index (κ1) is 12.5. The molecule has 0 amide bonds. The maximum absolute atomic E-state index is 5.16. The molecule has 2 aromatic heterocycles. The zero-order valence-corrected chi connectivity index (χ0v) is 12.0. The molecule has 0 bridgehead atoms. The number of hydrogen-bond acceptors (Lipinski definition) is 7. The van der Waals surface area contributed by atoms with Crippen LogP contribution < -0.4 is 4.90 Å². The number of rotatable bonds is 3. The van der Waals surface area contributed by atoms with E-state index < -0.39 is 0 Å². The second-order valence-corrected chi connectivity index (χ2v) is 5.42. The Morgan fingerprint density at radius 3 is 2.95 bits per heavy atom. The molecule has 1 aliphatic rings. The van der Waals surface area contributed by atoms with Crippen LogP contribution in [0.4, 0.5) is 5.13 Å². The molecule has 2 aromatic rings. The number of fused-ring (bicyclic) bond motifs is 1. The van der Waals surface area contributed by atoms with Crippen molar-refractivity contribution in [3.63, 3.8) is 0 Å². The average molecular weight is 280 g/mol. The second kappa shape index (κ2) is 4.86. The maximum atomic E-state index is 5.16. The summed E-state index contributed by atoms with van der Waals surface area (Å²) < 4.78 is 11.6. The van der Waals surface area contributed by atoms with Crippen molar-refractivity contribution < 1.29 is 4.74 Å². The van der Waals surface area contributed by atoms with Gasteiger partial charge in [0.2, 0.25) is 5.13 Å². The molecule has 0 radical (unpaired) electrons. The standard InChI is InChI=1S/C11H16N6OS/c1-7-4-16(11-12-8(2)15-19-11)5-9-13-14-10(6-18-3)17(7)9/h7H,4-6H2,1-3H3/t7-/m0/s1. The van der Waals surface area contributed by atoms with E-state index in [1.54, 1.807) is 7.11 Å². The summed E-state index contributed by atoms with van der Waals surface area (Å²) in [6.07, 6.45) is 0. The molecule has 8 heteroatoms. The smallest absolute Gasteiger partial charge is 0.205 e. The Hall–Kier alpha value is -1.54. The number of hydrogen-bond donors (Lipinski definition) is 0. The summed E-state index contributed by atoms with van der Waals surface area (Å²) in [5, 5.41) is 9.41. The van der Waals surface area contributed by atoms with Crippen LogP contribution in [-0.2, 0) is 17.9 Å². The Balaban J connectivity index is 1.88. The fourth-order valence-electron chi connectivity index (χ4n) is 2.40. The van der Waals surface area contributed by atoms with E-state index in [9.17, 15) is 0 Å². The molecule has 0 aromatic carbocycles. The number of anilines is 1. The van der Waals surface area contributed by atoms with Gasteiger partial charge in [-0.05, 0) is 13.8 Å². The van der Waals surface area contributed by atoms with Gasteiger partial charge in [0.15, 0.2) is 11.6 Å². The summed E-state index contributed by atoms with van der Waals surface area (Å²) in [4.78, 5) is 6.64. The maximum Gasteiger partial charge on any atom is 0.205 e. The van der Waals surface area contributed by atoms with Gasteiger partial charge in [-0.25, -0.2) is 4.98 Å². The number of methoxy groups -OCH3 is 1. The van der Waals surface area contributed by atoms with E-state index in [0.29, 0.717) is 12.6 Å². The Morgan fingerprint density at radius 2 is 2.26 bits per heavy atom. The van der Waals surface area contributed by atoms with Crippen LogP contribution in [0.5, 0.6) is 0 Å². The number of aromatic nitrogens is 5. The van der Waals surface area contributed by atoms with E-state index in [4.69, 9.17) is 4.74 Å². The van der Waals surface area contributed by atoms with Gasteiger partial charge in [-0.15, -0.1) is 10.2 Å². The third-order valence-corrected chi connectivity index (χ3v) is 4.02. The van der Waals surface area contributed by atoms with Crippen molar-refractivity contribution >= 4 is 16.7 Å². The molecular weight excluding hydrogens is 264 g/mol. The Bertz CT molecular complexity index is 580. The lowest BCUT2D eigenvalue weighted by Crippen LogP contribution is -2.37. The summed E-state index contributed by atoms with van der Waals surface area (Å²) in [5.41, 5.74) is 0. The minimum atomic E-state index is 0.299. The van der Waals surface area contributed by atoms with Crippen molar-refractivity contribution in [1.82, 2.24) is 24.1 Å². The summed E-state index contributed by atoms with van der Waals surface area (Å²) in [5.74, 6) is 2.66. The Labute approximate surface area is 115 Å². The van der Waals surface area contributed by atoms with E-state index >= 15 is 0 Å². The number of nitrogens with zero attached hydrogens (tertiary/aromatic N) is 6. The lowest BCUT2D eigenvalue weighted by Gasteiger charge is -2.31. The Kier molecular flexibility index (Phi) is 3.19. The summed E-state index contributed by atoms with van der Waals surface area (Å²) in [7, 11) is 1.67. The third kappa shape index (κ3) is 2.21. The summed E-state index contributed by atoms with van der Waals surface area (Å²) in [6, 6.07) is 0.299. The Morgan fingerprint density at radius 1 is 1.42 bits per heavy atom. The average Bonchev–Trinajstić information content (AvgIpc) is 2.97. The van der Waals surface area contributed by atoms with Crippen molar-refractivity contribution in [3.05, 3.63) is 17.5 Å². The number of aryl methyl sites for hydroxylation is 1. The zero-order valence-electron chi connectivity index (χ0n) is 11.2. The molecular formula is C11H16N6OS. The minimum absolute atomic E-state index is 0.299. The third-order valence-electron chi connectivity index (χ3n) is 3.16. The van der Waals surface area contributed by atoms with Crippen molar-refractivity contribution in [3.8, 4) is 0 Å². The molecule has 0 saturated carbocycles. The van der Waals surface area contributed by atoms with Crippen LogP contribution in [0.3, 0.4) is 0 Å². The normalized spacial score (nSPS) is 18.7. The van der Waals surface area contributed by atoms with Crippen LogP contribution in [0, 0.1) is 6.92 Å². The SMILES string of the molecule is COCc1nnc2n1[C@@H](C)CN(c1nc(C)ns1)C2. The topological polar surface area (TPSA) is 69.0 Å². The van der Waals surface area contributed by atoms with Gasteiger partial charge in [0.25, 0.3) is 0 Å². The molecule has 102 valence electrons. The van der Waals surface area contributed by atoms with Crippen LogP contribution in [0.1, 0.15) is 30.4 Å². The molecule has 1 atom stereocenters. The quantitative estimate of drug-likeness (QED) is 0.840. The van der Waals surface area contributed by atoms with Crippen molar-refractivity contribution in [2.75, 3.05) is 18.6 Å². The number of ether oxygens (including phenoxy) is 1. The summed E-state index contributed by atoms with van der Waals surface area (Å²) in [6.45, 7) is 6.17. The van der Waals surface area contributed by atoms with Crippen molar-refractivity contribution in [2.45, 2.75) is 33.0 Å². The summed E-state index contributed by atoms with van der Waals surface area (Å²) >= 11 is 1.43. The van der Waals surface area contributed by atoms with Crippen LogP contribution >= 0.6 is 11.5 Å². The molecule has 0 aliphatic carbocycles. The first-order valence-electron chi connectivity index (χ1n) is 6.16. The lowest BCUT2D eigenvalue weighted by molar-refractivity contribution is 0.171. The molecule has 0 N–H and O–H groups in total. The molecule has 0 saturated heterocycles. The molecule has 7 nitrogen and oxygen atoms in total. The highest BCUT2D eigenvalue weighted by atomic mass is 32.1. The monoisotopic (exact) mass is 280 g/mol. The van der Waals surface area contributed by atoms with E-state index in [1.807, 2.05) is 6.92 Å². The van der Waals surface area contributed by atoms with E-state index in [2.05, 4.69) is 35.9 Å². The van der Waals surface area contributed by atoms with Crippen LogP contribution in [-0.4, -0.2) is 37.8 Å². The van der Waals surface area contributed by atoms with Crippen molar-refractivity contribution in [1.29, 1.82) is 0 Å². The van der Waals surface area contributed by atoms with Crippen LogP contribution in [0.25, 0.3) is 0 Å². The molecule has 3 rings (SSSR count). The van der Waals surface area contributed by atoms with Crippen molar-refractivity contribution in [2.24, 2.45) is 0 Å². The van der Waals surface area contributed by atoms with Gasteiger partial charge in [-0.2, -0.15) is 4.37 Å². The first-order valence-corrected chi connectivity index (χ1v) is 6.93. The van der Waals surface area contributed by atoms with Gasteiger partial charge < -0.3 is 14.2 Å². The zero-order chi connectivity index (χ0) is 13.4. The molecule has 0 unspecified atom stereocenters. The largest absolute Gasteiger partial charge is 0.377 e. The van der Waals surface area contributed by atoms with Gasteiger partial charge in [-0.3, -0.25) is 0 Å². The predicted molar refractivity (Wildman–Crippen MR) is 71.1 cm³/mol. The van der Waals surface area contributed by atoms with E-state index in [1.165, 1.54) is 11.5 Å². The molecule has 1 aliphatic heterocycles. The highest BCUT2D eigenvalue weighted by Gasteiger charge is 2.27. The van der Waals surface area contributed by atoms with Gasteiger partial charge in [0.05, 0.1) is 12.6 Å². The lowest BCUT2D eigenvalue weighted by atomic mass is 10.2. The van der Waals surface area contributed by atoms with Gasteiger partial charge in [0.1, 0.15) is 12.4 Å². The van der Waals surface area contributed by atoms with Gasteiger partial charge >= 0.3 is 0 Å². The second-order valence-electron chi connectivity index (χ2n) is 4.69. The van der Waals surface area contributed by atoms with E-state index in [-0.39, 0.29) is 0 Å². The molecule has 19 heavy (non-hydrogen) atoms. The highest BCUT2D eigenvalue weighted by Crippen LogP contribution is 2.27. The molecule has 0 fully saturated rings.